The number of aromatic nitrogens is 2. The van der Waals surface area contributed by atoms with Crippen LogP contribution < -0.4 is 26.6 Å². The molecule has 1 amide bonds. The number of esters is 1. The quantitative estimate of drug-likeness (QED) is 0.270. The topological polar surface area (TPSA) is 157 Å². The lowest BCUT2D eigenvalue weighted by molar-refractivity contribution is -0.142. The Bertz CT molecular complexity index is 1440. The molecule has 0 saturated heterocycles. The van der Waals surface area contributed by atoms with Gasteiger partial charge in [-0.15, -0.1) is 0 Å². The van der Waals surface area contributed by atoms with Crippen molar-refractivity contribution in [3.8, 4) is 11.5 Å². The van der Waals surface area contributed by atoms with E-state index in [2.05, 4.69) is 4.98 Å². The van der Waals surface area contributed by atoms with E-state index in [0.29, 0.717) is 5.56 Å². The van der Waals surface area contributed by atoms with Crippen molar-refractivity contribution in [2.75, 3.05) is 30.9 Å². The first kappa shape index (κ1) is 27.8. The number of hydrogen-bond acceptors (Lipinski definition) is 8. The first-order valence-electron chi connectivity index (χ1n) is 11.8. The fourth-order valence-electron chi connectivity index (χ4n) is 3.67. The third kappa shape index (κ3) is 6.90. The molecule has 3 aromatic rings. The number of nitrogens with zero attached hydrogens (tertiary/aromatic N) is 2. The zero-order chi connectivity index (χ0) is 27.8. The number of aromatic hydroxyl groups is 1. The number of carbonyl (C=O) groups excluding carboxylic acids is 2. The number of nitrogen functional groups attached to an aromatic ring is 1. The first-order valence-corrected chi connectivity index (χ1v) is 11.8. The summed E-state index contributed by atoms with van der Waals surface area (Å²) in [4.78, 5) is 54.0. The predicted octanol–water partition coefficient (Wildman–Crippen LogP) is 2.13. The van der Waals surface area contributed by atoms with E-state index >= 15 is 0 Å². The molecule has 0 aliphatic heterocycles. The first-order chi connectivity index (χ1) is 18.1. The summed E-state index contributed by atoms with van der Waals surface area (Å²) in [5.74, 6) is -1.56. The number of nitrogens with one attached hydrogen (secondary N) is 1. The van der Waals surface area contributed by atoms with Crippen LogP contribution in [0, 0.1) is 5.92 Å². The molecule has 11 heteroatoms. The maximum atomic E-state index is 13.1. The molecule has 2 aromatic carbocycles. The van der Waals surface area contributed by atoms with Gasteiger partial charge >= 0.3 is 11.7 Å². The number of methoxy groups -OCH3 is 1. The largest absolute Gasteiger partial charge is 0.504 e. The van der Waals surface area contributed by atoms with Gasteiger partial charge in [-0.25, -0.2) is 9.59 Å². The summed E-state index contributed by atoms with van der Waals surface area (Å²) < 4.78 is 11.3. The molecule has 0 spiro atoms. The van der Waals surface area contributed by atoms with Crippen LogP contribution in [-0.4, -0.2) is 46.8 Å². The lowest BCUT2D eigenvalue weighted by Gasteiger charge is -2.26. The SMILES string of the molecule is COc1cc(C=CC(=O)OCC(=O)N(CC(C)C)c2c(N)n(Cc3ccccc3)c(=O)[nH]c2=O)ccc1O. The number of phenolic OH excluding ortho intramolecular Hbond substituents is 1. The zero-order valence-corrected chi connectivity index (χ0v) is 21.3. The van der Waals surface area contributed by atoms with Crippen LogP contribution >= 0.6 is 0 Å². The number of phenols is 1. The van der Waals surface area contributed by atoms with Gasteiger partial charge < -0.3 is 25.2 Å². The molecule has 1 heterocycles. The van der Waals surface area contributed by atoms with Crippen LogP contribution in [-0.2, 0) is 20.9 Å². The lowest BCUT2D eigenvalue weighted by Crippen LogP contribution is -2.44. The molecule has 0 bridgehead atoms. The molecule has 1 aromatic heterocycles. The van der Waals surface area contributed by atoms with Crippen molar-refractivity contribution in [3.63, 3.8) is 0 Å². The minimum Gasteiger partial charge on any atom is -0.504 e. The lowest BCUT2D eigenvalue weighted by atomic mass is 10.2. The molecule has 11 nitrogen and oxygen atoms in total. The number of carbonyl (C=O) groups is 2. The molecule has 0 radical (unpaired) electrons. The molecule has 0 unspecified atom stereocenters. The second-order valence-electron chi connectivity index (χ2n) is 8.84. The van der Waals surface area contributed by atoms with E-state index in [4.69, 9.17) is 15.2 Å². The van der Waals surface area contributed by atoms with Crippen LogP contribution in [0.3, 0.4) is 0 Å². The summed E-state index contributed by atoms with van der Waals surface area (Å²) in [6.07, 6.45) is 2.55. The van der Waals surface area contributed by atoms with Gasteiger partial charge in [0, 0.05) is 12.6 Å². The van der Waals surface area contributed by atoms with Crippen LogP contribution in [0.5, 0.6) is 11.5 Å². The number of ether oxygens (including phenoxy) is 2. The van der Waals surface area contributed by atoms with Gasteiger partial charge in [0.25, 0.3) is 11.5 Å². The monoisotopic (exact) mass is 522 g/mol. The molecule has 4 N–H and O–H groups in total. The van der Waals surface area contributed by atoms with E-state index in [1.54, 1.807) is 30.3 Å². The summed E-state index contributed by atoms with van der Waals surface area (Å²) in [5.41, 5.74) is 5.86. The predicted molar refractivity (Wildman–Crippen MR) is 143 cm³/mol. The third-order valence-electron chi connectivity index (χ3n) is 5.47. The number of anilines is 2. The summed E-state index contributed by atoms with van der Waals surface area (Å²) in [7, 11) is 1.40. The van der Waals surface area contributed by atoms with E-state index in [-0.39, 0.29) is 42.0 Å². The van der Waals surface area contributed by atoms with Gasteiger partial charge in [0.15, 0.2) is 23.8 Å². The van der Waals surface area contributed by atoms with Crippen molar-refractivity contribution < 1.29 is 24.2 Å². The second kappa shape index (κ2) is 12.4. The fraction of sp³-hybridized carbons (Fsp3) is 0.259. The highest BCUT2D eigenvalue weighted by atomic mass is 16.5. The normalized spacial score (nSPS) is 11.1. The van der Waals surface area contributed by atoms with E-state index < -0.39 is 29.7 Å². The Hall–Kier alpha value is -4.80. The number of rotatable bonds is 10. The summed E-state index contributed by atoms with van der Waals surface area (Å²) in [6, 6.07) is 13.5. The smallest absolute Gasteiger partial charge is 0.331 e. The number of benzene rings is 2. The molecule has 0 saturated carbocycles. The van der Waals surface area contributed by atoms with E-state index in [1.807, 2.05) is 19.9 Å². The highest BCUT2D eigenvalue weighted by Gasteiger charge is 2.26. The number of amides is 1. The number of hydrogen-bond donors (Lipinski definition) is 3. The Morgan fingerprint density at radius 1 is 1.16 bits per heavy atom. The van der Waals surface area contributed by atoms with Crippen molar-refractivity contribution in [3.05, 3.63) is 86.6 Å². The van der Waals surface area contributed by atoms with Crippen LogP contribution in [0.2, 0.25) is 0 Å². The summed E-state index contributed by atoms with van der Waals surface area (Å²) in [5, 5.41) is 9.68. The molecule has 200 valence electrons. The minimum absolute atomic E-state index is 0.0487. The van der Waals surface area contributed by atoms with Crippen LogP contribution in [0.15, 0.2) is 64.2 Å². The standard InChI is InChI=1S/C27H30N4O7/c1-17(2)14-30(22(33)16-38-23(34)12-10-18-9-11-20(32)21(13-18)37-3)24-25(28)31(27(36)29-26(24)35)15-19-7-5-4-6-8-19/h4-13,17,32H,14-16,28H2,1-3H3,(H,29,35,36). The number of H-pyrrole nitrogens is 1. The Labute approximate surface area is 218 Å². The van der Waals surface area contributed by atoms with E-state index in [0.717, 1.165) is 16.5 Å². The molecule has 38 heavy (non-hydrogen) atoms. The molecule has 0 fully saturated rings. The van der Waals surface area contributed by atoms with Gasteiger partial charge in [-0.05, 0) is 35.3 Å². The van der Waals surface area contributed by atoms with Crippen molar-refractivity contribution >= 4 is 29.5 Å². The third-order valence-corrected chi connectivity index (χ3v) is 5.47. The van der Waals surface area contributed by atoms with Gasteiger partial charge in [-0.3, -0.25) is 19.1 Å². The summed E-state index contributed by atoms with van der Waals surface area (Å²) >= 11 is 0. The van der Waals surface area contributed by atoms with Crippen LogP contribution in [0.1, 0.15) is 25.0 Å². The Morgan fingerprint density at radius 3 is 2.53 bits per heavy atom. The van der Waals surface area contributed by atoms with Gasteiger partial charge in [0.05, 0.1) is 13.7 Å². The Balaban J connectivity index is 1.81. The molecular formula is C27H30N4O7. The minimum atomic E-state index is -0.821. The number of aromatic amines is 1. The van der Waals surface area contributed by atoms with Crippen LogP contribution in [0.4, 0.5) is 11.5 Å². The summed E-state index contributed by atoms with van der Waals surface area (Å²) in [6.45, 7) is 3.19. The average Bonchev–Trinajstić information content (AvgIpc) is 2.88. The molecule has 0 aliphatic carbocycles. The van der Waals surface area contributed by atoms with Crippen molar-refractivity contribution in [1.82, 2.24) is 9.55 Å². The van der Waals surface area contributed by atoms with Gasteiger partial charge in [0.1, 0.15) is 5.82 Å². The van der Waals surface area contributed by atoms with E-state index in [9.17, 15) is 24.3 Å². The molecule has 0 atom stereocenters. The number of nitrogens with two attached hydrogens (primary N) is 1. The van der Waals surface area contributed by atoms with Crippen molar-refractivity contribution in [2.45, 2.75) is 20.4 Å². The van der Waals surface area contributed by atoms with Crippen molar-refractivity contribution in [1.29, 1.82) is 0 Å². The van der Waals surface area contributed by atoms with E-state index in [1.165, 1.54) is 29.9 Å². The maximum Gasteiger partial charge on any atom is 0.331 e. The molecular weight excluding hydrogens is 492 g/mol. The Morgan fingerprint density at radius 2 is 1.87 bits per heavy atom. The van der Waals surface area contributed by atoms with Gasteiger partial charge in [0.2, 0.25) is 0 Å². The zero-order valence-electron chi connectivity index (χ0n) is 21.3. The maximum absolute atomic E-state index is 13.1. The van der Waals surface area contributed by atoms with Gasteiger partial charge in [-0.2, -0.15) is 0 Å². The fourth-order valence-corrected chi connectivity index (χ4v) is 3.67. The average molecular weight is 523 g/mol. The second-order valence-corrected chi connectivity index (χ2v) is 8.84. The van der Waals surface area contributed by atoms with Gasteiger partial charge in [-0.1, -0.05) is 50.2 Å². The highest BCUT2D eigenvalue weighted by molar-refractivity contribution is 5.98. The molecule has 3 rings (SSSR count). The Kier molecular flexibility index (Phi) is 9.09. The highest BCUT2D eigenvalue weighted by Crippen LogP contribution is 2.26. The molecule has 0 aliphatic rings. The van der Waals surface area contributed by atoms with Crippen LogP contribution in [0.25, 0.3) is 6.08 Å². The van der Waals surface area contributed by atoms with Crippen molar-refractivity contribution in [2.24, 2.45) is 5.92 Å².